The zero-order chi connectivity index (χ0) is 26.4. The van der Waals surface area contributed by atoms with Gasteiger partial charge in [-0.3, -0.25) is 4.72 Å². The highest BCUT2D eigenvalue weighted by Gasteiger charge is 2.41. The van der Waals surface area contributed by atoms with Gasteiger partial charge in [-0.15, -0.1) is 0 Å². The van der Waals surface area contributed by atoms with Crippen LogP contribution in [0.5, 0.6) is 5.75 Å². The number of carbonyl (C=O) groups excluding carboxylic acids is 1. The molecule has 0 radical (unpaired) electrons. The standard InChI is InChI=1S/C26H29ClN3O5S/c1-16-13-23(30(35-6)15-22(16)34-5)29-14-19-21(12-11-20(27)24(19)25(29)31)28-36(32,33)18-9-7-17(8-10-18)26(2,3)4/h7-13,15,28H,14H2,1-6H3/q+1. The molecule has 1 aromatic heterocycles. The third kappa shape index (κ3) is 4.60. The molecule has 0 aliphatic carbocycles. The maximum Gasteiger partial charge on any atom is 0.343 e. The van der Waals surface area contributed by atoms with E-state index in [4.69, 9.17) is 21.2 Å². The van der Waals surface area contributed by atoms with Crippen LogP contribution >= 0.6 is 11.6 Å². The van der Waals surface area contributed by atoms with E-state index in [0.29, 0.717) is 22.8 Å². The van der Waals surface area contributed by atoms with Crippen LogP contribution in [0.4, 0.5) is 11.5 Å². The molecule has 0 saturated heterocycles. The number of hydrogen-bond donors (Lipinski definition) is 1. The van der Waals surface area contributed by atoms with Gasteiger partial charge >= 0.3 is 11.7 Å². The van der Waals surface area contributed by atoms with E-state index in [1.807, 2.05) is 19.1 Å². The average Bonchev–Trinajstić information content (AvgIpc) is 3.18. The minimum Gasteiger partial charge on any atom is -0.493 e. The monoisotopic (exact) mass is 530 g/mol. The number of ether oxygens (including phenoxy) is 1. The Kier molecular flexibility index (Phi) is 6.66. The second kappa shape index (κ2) is 9.29. The van der Waals surface area contributed by atoms with Crippen LogP contribution in [0.2, 0.25) is 5.02 Å². The Hall–Kier alpha value is -3.30. The highest BCUT2D eigenvalue weighted by molar-refractivity contribution is 7.92. The number of anilines is 2. The van der Waals surface area contributed by atoms with E-state index in [2.05, 4.69) is 25.5 Å². The predicted molar refractivity (Wildman–Crippen MR) is 138 cm³/mol. The largest absolute Gasteiger partial charge is 0.493 e. The van der Waals surface area contributed by atoms with Crippen LogP contribution in [0.25, 0.3) is 0 Å². The third-order valence-electron chi connectivity index (χ3n) is 6.20. The van der Waals surface area contributed by atoms with E-state index >= 15 is 0 Å². The summed E-state index contributed by atoms with van der Waals surface area (Å²) in [7, 11) is -0.883. The lowest BCUT2D eigenvalue weighted by Gasteiger charge is -2.19. The lowest BCUT2D eigenvalue weighted by atomic mass is 9.87. The molecule has 1 aliphatic rings. The van der Waals surface area contributed by atoms with Crippen molar-refractivity contribution < 1.29 is 27.5 Å². The van der Waals surface area contributed by atoms with Gasteiger partial charge in [0, 0.05) is 17.2 Å². The summed E-state index contributed by atoms with van der Waals surface area (Å²) in [5, 5.41) is 0.240. The van der Waals surface area contributed by atoms with E-state index < -0.39 is 10.0 Å². The summed E-state index contributed by atoms with van der Waals surface area (Å²) in [6.45, 7) is 8.14. The molecule has 4 rings (SSSR count). The highest BCUT2D eigenvalue weighted by Crippen LogP contribution is 2.37. The number of rotatable bonds is 6. The van der Waals surface area contributed by atoms with Gasteiger partial charge in [0.1, 0.15) is 13.7 Å². The minimum atomic E-state index is -3.91. The number of nitrogens with one attached hydrogen (secondary N) is 1. The molecule has 10 heteroatoms. The van der Waals surface area contributed by atoms with Crippen molar-refractivity contribution in [2.24, 2.45) is 0 Å². The summed E-state index contributed by atoms with van der Waals surface area (Å²) >= 11 is 6.41. The van der Waals surface area contributed by atoms with Gasteiger partial charge in [0.2, 0.25) is 0 Å². The van der Waals surface area contributed by atoms with Crippen LogP contribution < -0.4 is 23.9 Å². The molecule has 8 nitrogen and oxygen atoms in total. The number of benzene rings is 2. The van der Waals surface area contributed by atoms with E-state index in [1.165, 1.54) is 22.8 Å². The van der Waals surface area contributed by atoms with Crippen molar-refractivity contribution in [1.82, 2.24) is 0 Å². The Morgan fingerprint density at radius 1 is 1.08 bits per heavy atom. The number of pyridine rings is 1. The first kappa shape index (κ1) is 25.8. The quantitative estimate of drug-likeness (QED) is 0.481. The van der Waals surface area contributed by atoms with Crippen molar-refractivity contribution in [3.63, 3.8) is 0 Å². The number of methoxy groups -OCH3 is 1. The van der Waals surface area contributed by atoms with E-state index in [0.717, 1.165) is 11.1 Å². The maximum absolute atomic E-state index is 13.4. The van der Waals surface area contributed by atoms with Crippen molar-refractivity contribution in [2.75, 3.05) is 23.8 Å². The fourth-order valence-electron chi connectivity index (χ4n) is 4.16. The fraction of sp³-hybridized carbons (Fsp3) is 0.308. The molecule has 0 unspecified atom stereocenters. The Balaban J connectivity index is 1.71. The van der Waals surface area contributed by atoms with Crippen molar-refractivity contribution in [2.45, 2.75) is 44.6 Å². The van der Waals surface area contributed by atoms with Gasteiger partial charge < -0.3 is 9.57 Å². The average molecular weight is 531 g/mol. The normalized spacial score (nSPS) is 13.5. The van der Waals surface area contributed by atoms with Crippen molar-refractivity contribution in [3.8, 4) is 5.75 Å². The Labute approximate surface area is 216 Å². The molecule has 0 saturated carbocycles. The fourth-order valence-corrected chi connectivity index (χ4v) is 5.51. The summed E-state index contributed by atoms with van der Waals surface area (Å²) in [5.41, 5.74) is 2.75. The maximum atomic E-state index is 13.4. The summed E-state index contributed by atoms with van der Waals surface area (Å²) in [5.74, 6) is 0.689. The molecule has 0 spiro atoms. The number of carbonyl (C=O) groups is 1. The van der Waals surface area contributed by atoms with Crippen molar-refractivity contribution in [3.05, 3.63) is 75.9 Å². The van der Waals surface area contributed by atoms with Crippen molar-refractivity contribution >= 4 is 39.0 Å². The molecular formula is C26H29ClN3O5S+. The molecule has 190 valence electrons. The first-order valence-electron chi connectivity index (χ1n) is 11.3. The molecular weight excluding hydrogens is 502 g/mol. The van der Waals surface area contributed by atoms with Crippen LogP contribution in [-0.2, 0) is 22.0 Å². The van der Waals surface area contributed by atoms with Crippen LogP contribution in [0.15, 0.2) is 53.6 Å². The molecule has 2 aromatic carbocycles. The first-order valence-corrected chi connectivity index (χ1v) is 13.1. The number of sulfonamides is 1. The molecule has 2 heterocycles. The molecule has 0 atom stereocenters. The third-order valence-corrected chi connectivity index (χ3v) is 7.90. The van der Waals surface area contributed by atoms with Gasteiger partial charge in [-0.1, -0.05) is 44.5 Å². The molecule has 1 N–H and O–H groups in total. The van der Waals surface area contributed by atoms with Crippen molar-refractivity contribution in [1.29, 1.82) is 0 Å². The van der Waals surface area contributed by atoms with Crippen LogP contribution in [0, 0.1) is 6.92 Å². The summed E-state index contributed by atoms with van der Waals surface area (Å²) < 4.78 is 35.9. The van der Waals surface area contributed by atoms with E-state index in [1.54, 1.807) is 37.6 Å². The number of nitrogens with zero attached hydrogens (tertiary/aromatic N) is 2. The zero-order valence-corrected chi connectivity index (χ0v) is 22.6. The molecule has 1 amide bonds. The minimum absolute atomic E-state index is 0.102. The number of fused-ring (bicyclic) bond motifs is 1. The Morgan fingerprint density at radius 2 is 1.75 bits per heavy atom. The summed E-state index contributed by atoms with van der Waals surface area (Å²) in [6.07, 6.45) is 1.63. The topological polar surface area (TPSA) is 88.8 Å². The number of amides is 1. The number of aromatic nitrogens is 1. The first-order chi connectivity index (χ1) is 16.9. The summed E-state index contributed by atoms with van der Waals surface area (Å²) in [6, 6.07) is 11.6. The van der Waals surface area contributed by atoms with Gasteiger partial charge in [-0.25, -0.2) is 13.2 Å². The SMILES string of the molecule is COc1c[n+](OC)c(N2Cc3c(NS(=O)(=O)c4ccc(C(C)(C)C)cc4)ccc(Cl)c3C2=O)cc1C. The van der Waals surface area contributed by atoms with E-state index in [-0.39, 0.29) is 33.3 Å². The predicted octanol–water partition coefficient (Wildman–Crippen LogP) is 4.26. The van der Waals surface area contributed by atoms with Crippen LogP contribution in [0.3, 0.4) is 0 Å². The van der Waals surface area contributed by atoms with E-state index in [9.17, 15) is 13.2 Å². The Bertz CT molecular complexity index is 1450. The molecule has 36 heavy (non-hydrogen) atoms. The molecule has 1 aliphatic heterocycles. The highest BCUT2D eigenvalue weighted by atomic mass is 35.5. The smallest absolute Gasteiger partial charge is 0.343 e. The number of hydrogen-bond acceptors (Lipinski definition) is 5. The zero-order valence-electron chi connectivity index (χ0n) is 21.0. The van der Waals surface area contributed by atoms with Crippen LogP contribution in [-0.4, -0.2) is 28.5 Å². The lowest BCUT2D eigenvalue weighted by molar-refractivity contribution is -0.875. The van der Waals surface area contributed by atoms with Gasteiger partial charge in [-0.05, 0) is 46.9 Å². The second-order valence-corrected chi connectivity index (χ2v) is 11.7. The van der Waals surface area contributed by atoms with Gasteiger partial charge in [0.25, 0.3) is 10.0 Å². The number of aryl methyl sites for hydroxylation is 1. The van der Waals surface area contributed by atoms with Gasteiger partial charge in [0.05, 0.1) is 28.3 Å². The second-order valence-electron chi connectivity index (χ2n) is 9.61. The number of halogens is 1. The Morgan fingerprint density at radius 3 is 2.33 bits per heavy atom. The van der Waals surface area contributed by atoms with Gasteiger partial charge in [0.15, 0.2) is 11.9 Å². The van der Waals surface area contributed by atoms with Gasteiger partial charge in [-0.2, -0.15) is 4.90 Å². The van der Waals surface area contributed by atoms with Crippen LogP contribution in [0.1, 0.15) is 47.8 Å². The molecule has 0 bridgehead atoms. The molecule has 0 fully saturated rings. The lowest BCUT2D eigenvalue weighted by Crippen LogP contribution is -2.47. The molecule has 3 aromatic rings. The summed E-state index contributed by atoms with van der Waals surface area (Å²) in [4.78, 5) is 20.5.